The van der Waals surface area contributed by atoms with Crippen LogP contribution >= 0.6 is 11.3 Å². The molecular weight excluding hydrogens is 470 g/mol. The van der Waals surface area contributed by atoms with Crippen LogP contribution in [0.5, 0.6) is 0 Å². The van der Waals surface area contributed by atoms with E-state index in [-0.39, 0.29) is 17.7 Å². The molecule has 0 bridgehead atoms. The zero-order valence-corrected chi connectivity index (χ0v) is 21.1. The summed E-state index contributed by atoms with van der Waals surface area (Å²) in [6.45, 7) is 6.41. The van der Waals surface area contributed by atoms with Gasteiger partial charge >= 0.3 is 0 Å². The molecule has 10 heteroatoms. The maximum atomic E-state index is 13.2. The van der Waals surface area contributed by atoms with E-state index >= 15 is 0 Å². The molecule has 0 radical (unpaired) electrons. The molecule has 0 aliphatic rings. The number of nitrogens with one attached hydrogen (secondary N) is 2. The summed E-state index contributed by atoms with van der Waals surface area (Å²) < 4.78 is 27.6. The second kappa shape index (κ2) is 9.65. The molecule has 0 spiro atoms. The number of nitrogens with zero attached hydrogens (tertiary/aromatic N) is 3. The Balaban J connectivity index is 1.59. The Morgan fingerprint density at radius 1 is 1.12 bits per heavy atom. The van der Waals surface area contributed by atoms with Crippen molar-refractivity contribution in [3.63, 3.8) is 0 Å². The molecule has 3 aromatic heterocycles. The molecular formula is C24H27N5O3S2. The molecule has 1 aromatic carbocycles. The number of rotatable bonds is 8. The van der Waals surface area contributed by atoms with Crippen molar-refractivity contribution < 1.29 is 13.2 Å². The van der Waals surface area contributed by atoms with Crippen LogP contribution in [0.2, 0.25) is 0 Å². The Morgan fingerprint density at radius 3 is 2.44 bits per heavy atom. The molecule has 0 aliphatic carbocycles. The summed E-state index contributed by atoms with van der Waals surface area (Å²) in [6, 6.07) is 13.1. The highest BCUT2D eigenvalue weighted by atomic mass is 32.2. The van der Waals surface area contributed by atoms with Crippen LogP contribution in [-0.4, -0.2) is 36.1 Å². The number of aromatic nitrogens is 3. The summed E-state index contributed by atoms with van der Waals surface area (Å²) in [5, 5.41) is 8.15. The number of carbonyl (C=O) groups is 1. The van der Waals surface area contributed by atoms with Crippen molar-refractivity contribution >= 4 is 38.3 Å². The number of hydrogen-bond acceptors (Lipinski definition) is 6. The highest BCUT2D eigenvalue weighted by Crippen LogP contribution is 2.30. The van der Waals surface area contributed by atoms with Gasteiger partial charge in [-0.05, 0) is 57.1 Å². The number of amides is 1. The van der Waals surface area contributed by atoms with E-state index in [1.165, 1.54) is 11.9 Å². The summed E-state index contributed by atoms with van der Waals surface area (Å²) >= 11 is 1.63. The highest BCUT2D eigenvalue weighted by Gasteiger charge is 2.19. The van der Waals surface area contributed by atoms with E-state index in [0.717, 1.165) is 16.1 Å². The van der Waals surface area contributed by atoms with Crippen molar-refractivity contribution in [3.8, 4) is 10.6 Å². The van der Waals surface area contributed by atoms with Gasteiger partial charge in [0.2, 0.25) is 10.0 Å². The lowest BCUT2D eigenvalue weighted by Crippen LogP contribution is -2.23. The zero-order valence-electron chi connectivity index (χ0n) is 19.5. The monoisotopic (exact) mass is 497 g/mol. The van der Waals surface area contributed by atoms with Gasteiger partial charge in [-0.15, -0.1) is 11.3 Å². The Morgan fingerprint density at radius 2 is 1.82 bits per heavy atom. The Kier molecular flexibility index (Phi) is 6.83. The number of hydrogen-bond donors (Lipinski definition) is 2. The van der Waals surface area contributed by atoms with Gasteiger partial charge in [0.15, 0.2) is 5.65 Å². The van der Waals surface area contributed by atoms with Gasteiger partial charge in [0.25, 0.3) is 5.91 Å². The van der Waals surface area contributed by atoms with E-state index in [0.29, 0.717) is 28.7 Å². The fourth-order valence-corrected chi connectivity index (χ4v) is 5.21. The van der Waals surface area contributed by atoms with Crippen molar-refractivity contribution in [1.29, 1.82) is 0 Å². The Bertz CT molecular complexity index is 1440. The van der Waals surface area contributed by atoms with Crippen LogP contribution in [0.15, 0.2) is 48.7 Å². The molecule has 178 valence electrons. The first-order chi connectivity index (χ1) is 16.2. The van der Waals surface area contributed by atoms with Crippen molar-refractivity contribution in [2.24, 2.45) is 0 Å². The summed E-state index contributed by atoms with van der Waals surface area (Å²) in [5.74, 6) is -0.303. The normalized spacial score (nSPS) is 11.9. The SMILES string of the molecule is CNS(=O)(=O)Cc1ccc(CNC(=O)c2cc(-c3ccc(C)s3)nc3c2cnn3C(C)C)cc1. The fraction of sp³-hybridized carbons (Fsp3) is 0.292. The summed E-state index contributed by atoms with van der Waals surface area (Å²) in [6.07, 6.45) is 1.69. The van der Waals surface area contributed by atoms with Crippen molar-refractivity contribution in [2.45, 2.75) is 39.1 Å². The molecule has 0 atom stereocenters. The number of carbonyl (C=O) groups excluding carboxylic acids is 1. The first-order valence-corrected chi connectivity index (χ1v) is 13.4. The van der Waals surface area contributed by atoms with Crippen LogP contribution in [0, 0.1) is 6.92 Å². The van der Waals surface area contributed by atoms with E-state index in [9.17, 15) is 13.2 Å². The van der Waals surface area contributed by atoms with Gasteiger partial charge in [-0.1, -0.05) is 24.3 Å². The van der Waals surface area contributed by atoms with Crippen LogP contribution in [-0.2, 0) is 22.3 Å². The minimum Gasteiger partial charge on any atom is -0.348 e. The summed E-state index contributed by atoms with van der Waals surface area (Å²) in [5.41, 5.74) is 3.50. The molecule has 0 saturated heterocycles. The van der Waals surface area contributed by atoms with E-state index < -0.39 is 10.0 Å². The zero-order chi connectivity index (χ0) is 24.5. The average Bonchev–Trinajstić information content (AvgIpc) is 3.44. The van der Waals surface area contributed by atoms with Crippen molar-refractivity contribution in [3.05, 3.63) is 70.2 Å². The molecule has 34 heavy (non-hydrogen) atoms. The first kappa shape index (κ1) is 24.1. The van der Waals surface area contributed by atoms with Crippen molar-refractivity contribution in [1.82, 2.24) is 24.8 Å². The standard InChI is InChI=1S/C24H27N5O3S2/c1-15(2)29-23-20(13-27-29)19(11-21(28-23)22-10-5-16(3)33-22)24(30)26-12-17-6-8-18(9-7-17)14-34(31,32)25-4/h5-11,13,15,25H,12,14H2,1-4H3,(H,26,30). The van der Waals surface area contributed by atoms with Crippen LogP contribution in [0.1, 0.15) is 46.3 Å². The van der Waals surface area contributed by atoms with E-state index in [1.807, 2.05) is 55.8 Å². The lowest BCUT2D eigenvalue weighted by molar-refractivity contribution is 0.0952. The Labute approximate surface area is 203 Å². The van der Waals surface area contributed by atoms with Crippen LogP contribution in [0.3, 0.4) is 0 Å². The highest BCUT2D eigenvalue weighted by molar-refractivity contribution is 7.88. The van der Waals surface area contributed by atoms with E-state index in [4.69, 9.17) is 4.98 Å². The third-order valence-electron chi connectivity index (χ3n) is 5.44. The van der Waals surface area contributed by atoms with E-state index in [1.54, 1.807) is 29.7 Å². The minimum atomic E-state index is -3.33. The minimum absolute atomic E-state index is 0.0874. The van der Waals surface area contributed by atoms with Crippen molar-refractivity contribution in [2.75, 3.05) is 7.05 Å². The van der Waals surface area contributed by atoms with Gasteiger partial charge in [-0.2, -0.15) is 5.10 Å². The molecule has 3 heterocycles. The number of thiophene rings is 1. The molecule has 4 aromatic rings. The summed E-state index contributed by atoms with van der Waals surface area (Å²) in [7, 11) is -1.94. The predicted octanol–water partition coefficient (Wildman–Crippen LogP) is 4.03. The number of aryl methyl sites for hydroxylation is 1. The number of sulfonamides is 1. The largest absolute Gasteiger partial charge is 0.348 e. The molecule has 2 N–H and O–H groups in total. The topological polar surface area (TPSA) is 106 Å². The van der Waals surface area contributed by atoms with Gasteiger partial charge in [0.05, 0.1) is 33.5 Å². The molecule has 1 amide bonds. The molecule has 0 saturated carbocycles. The number of benzene rings is 1. The maximum Gasteiger partial charge on any atom is 0.252 e. The second-order valence-corrected chi connectivity index (χ2v) is 11.6. The molecule has 0 unspecified atom stereocenters. The Hall–Kier alpha value is -3.08. The number of fused-ring (bicyclic) bond motifs is 1. The van der Waals surface area contributed by atoms with Gasteiger partial charge in [-0.25, -0.2) is 22.8 Å². The molecule has 0 fully saturated rings. The van der Waals surface area contributed by atoms with Gasteiger partial charge in [0.1, 0.15) is 0 Å². The maximum absolute atomic E-state index is 13.2. The quantitative estimate of drug-likeness (QED) is 0.382. The molecule has 0 aliphatic heterocycles. The summed E-state index contributed by atoms with van der Waals surface area (Å²) in [4.78, 5) is 20.2. The molecule has 4 rings (SSSR count). The third-order valence-corrected chi connectivity index (χ3v) is 7.80. The predicted molar refractivity (Wildman–Crippen MR) is 135 cm³/mol. The third kappa shape index (κ3) is 5.19. The van der Waals surface area contributed by atoms with Crippen LogP contribution in [0.4, 0.5) is 0 Å². The van der Waals surface area contributed by atoms with Crippen LogP contribution in [0.25, 0.3) is 21.6 Å². The lowest BCUT2D eigenvalue weighted by Gasteiger charge is -2.11. The first-order valence-electron chi connectivity index (χ1n) is 10.9. The number of pyridine rings is 1. The van der Waals surface area contributed by atoms with E-state index in [2.05, 4.69) is 15.1 Å². The fourth-order valence-electron chi connectivity index (χ4n) is 3.60. The van der Waals surface area contributed by atoms with Gasteiger partial charge in [0, 0.05) is 17.5 Å². The second-order valence-electron chi connectivity index (χ2n) is 8.35. The average molecular weight is 498 g/mol. The smallest absolute Gasteiger partial charge is 0.252 e. The van der Waals surface area contributed by atoms with Gasteiger partial charge in [-0.3, -0.25) is 4.79 Å². The van der Waals surface area contributed by atoms with Gasteiger partial charge < -0.3 is 5.32 Å². The molecule has 8 nitrogen and oxygen atoms in total. The lowest BCUT2D eigenvalue weighted by atomic mass is 10.1. The van der Waals surface area contributed by atoms with Crippen LogP contribution < -0.4 is 10.0 Å².